The Morgan fingerprint density at radius 2 is 2.05 bits per heavy atom. The van der Waals surface area contributed by atoms with E-state index in [0.29, 0.717) is 16.9 Å². The van der Waals surface area contributed by atoms with Gasteiger partial charge >= 0.3 is 0 Å². The molecule has 1 aliphatic rings. The molecule has 3 rings (SSSR count). The van der Waals surface area contributed by atoms with Gasteiger partial charge in [0.05, 0.1) is 0 Å². The lowest BCUT2D eigenvalue weighted by Crippen LogP contribution is -2.12. The van der Waals surface area contributed by atoms with E-state index in [0.717, 1.165) is 10.1 Å². The molecule has 8 heteroatoms. The van der Waals surface area contributed by atoms with Gasteiger partial charge in [-0.3, -0.25) is 10.1 Å². The summed E-state index contributed by atoms with van der Waals surface area (Å²) in [6.45, 7) is 6.19. The van der Waals surface area contributed by atoms with E-state index in [-0.39, 0.29) is 11.3 Å². The van der Waals surface area contributed by atoms with E-state index in [2.05, 4.69) is 46.6 Å². The highest BCUT2D eigenvalue weighted by Crippen LogP contribution is 2.29. The number of hydrogen-bond acceptors (Lipinski definition) is 7. The van der Waals surface area contributed by atoms with Crippen LogP contribution in [-0.4, -0.2) is 27.1 Å². The summed E-state index contributed by atoms with van der Waals surface area (Å²) in [5, 5.41) is 18.1. The van der Waals surface area contributed by atoms with E-state index in [9.17, 15) is 4.79 Å². The van der Waals surface area contributed by atoms with Gasteiger partial charge in [0.2, 0.25) is 5.13 Å². The zero-order chi connectivity index (χ0) is 15.0. The van der Waals surface area contributed by atoms with Crippen LogP contribution in [0.2, 0.25) is 0 Å². The van der Waals surface area contributed by atoms with Crippen molar-refractivity contribution < 1.29 is 4.79 Å². The molecule has 0 aliphatic heterocycles. The minimum absolute atomic E-state index is 0.0668. The number of nitrogens with one attached hydrogen (secondary N) is 2. The third-order valence-corrected chi connectivity index (χ3v) is 4.97. The third kappa shape index (κ3) is 3.56. The van der Waals surface area contributed by atoms with Crippen molar-refractivity contribution in [2.75, 3.05) is 10.6 Å². The number of nitrogens with zero attached hydrogens (tertiary/aromatic N) is 3. The highest BCUT2D eigenvalue weighted by Gasteiger charge is 2.23. The second-order valence-corrected chi connectivity index (χ2v) is 7.91. The van der Waals surface area contributed by atoms with Crippen LogP contribution < -0.4 is 10.6 Å². The molecule has 0 spiro atoms. The molecule has 2 N–H and O–H groups in total. The lowest BCUT2D eigenvalue weighted by Gasteiger charge is -2.12. The van der Waals surface area contributed by atoms with Crippen LogP contribution in [0.25, 0.3) is 0 Å². The summed E-state index contributed by atoms with van der Waals surface area (Å²) in [6.07, 6.45) is 2.36. The summed E-state index contributed by atoms with van der Waals surface area (Å²) in [6, 6.07) is 0.532. The van der Waals surface area contributed by atoms with Crippen molar-refractivity contribution in [3.8, 4) is 0 Å². The second kappa shape index (κ2) is 5.34. The van der Waals surface area contributed by atoms with Gasteiger partial charge in [-0.1, -0.05) is 32.1 Å². The van der Waals surface area contributed by atoms with Crippen LogP contribution in [-0.2, 0) is 5.41 Å². The van der Waals surface area contributed by atoms with Crippen LogP contribution in [0, 0.1) is 0 Å². The summed E-state index contributed by atoms with van der Waals surface area (Å²) in [5.41, 5.74) is 0.346. The summed E-state index contributed by atoms with van der Waals surface area (Å²) in [4.78, 5) is 16.4. The molecule has 0 unspecified atom stereocenters. The summed E-state index contributed by atoms with van der Waals surface area (Å²) < 4.78 is 0. The minimum atomic E-state index is -0.244. The Balaban J connectivity index is 1.65. The van der Waals surface area contributed by atoms with Crippen LogP contribution in [0.15, 0.2) is 5.38 Å². The molecular formula is C13H17N5OS2. The fraction of sp³-hybridized carbons (Fsp3) is 0.538. The fourth-order valence-electron chi connectivity index (χ4n) is 1.58. The summed E-state index contributed by atoms with van der Waals surface area (Å²) >= 11 is 2.85. The predicted octanol–water partition coefficient (Wildman–Crippen LogP) is 3.12. The quantitative estimate of drug-likeness (QED) is 0.903. The number of aromatic nitrogens is 3. The molecule has 2 heterocycles. The normalized spacial score (nSPS) is 15.0. The van der Waals surface area contributed by atoms with Gasteiger partial charge in [-0.15, -0.1) is 21.5 Å². The van der Waals surface area contributed by atoms with Crippen LogP contribution >= 0.6 is 22.7 Å². The van der Waals surface area contributed by atoms with Crippen molar-refractivity contribution in [1.29, 1.82) is 0 Å². The Morgan fingerprint density at radius 1 is 1.29 bits per heavy atom. The van der Waals surface area contributed by atoms with E-state index in [1.807, 2.05) is 0 Å². The lowest BCUT2D eigenvalue weighted by molar-refractivity contribution is 0.102. The van der Waals surface area contributed by atoms with Gasteiger partial charge in [0.25, 0.3) is 5.91 Å². The molecule has 1 amide bonds. The molecule has 1 aliphatic carbocycles. The number of thiazole rings is 1. The standard InChI is InChI=1S/C13H17N5OS2/c1-13(2,3)10-17-18-12(21-10)16-9(19)8-6-20-11(15-8)14-7-4-5-7/h6-7H,4-5H2,1-3H3,(H,14,15)(H,16,18,19). The predicted molar refractivity (Wildman–Crippen MR) is 85.3 cm³/mol. The molecule has 0 atom stereocenters. The maximum absolute atomic E-state index is 12.1. The molecule has 0 saturated heterocycles. The molecule has 0 bridgehead atoms. The third-order valence-electron chi connectivity index (χ3n) is 2.93. The maximum atomic E-state index is 12.1. The summed E-state index contributed by atoms with van der Waals surface area (Å²) in [5.74, 6) is -0.244. The highest BCUT2D eigenvalue weighted by atomic mass is 32.1. The number of carbonyl (C=O) groups excluding carboxylic acids is 1. The average Bonchev–Trinajstić information content (AvgIpc) is 2.90. The molecule has 6 nitrogen and oxygen atoms in total. The Hall–Kier alpha value is -1.54. The molecule has 1 fully saturated rings. The number of amides is 1. The van der Waals surface area contributed by atoms with E-state index < -0.39 is 0 Å². The van der Waals surface area contributed by atoms with Crippen molar-refractivity contribution in [3.05, 3.63) is 16.1 Å². The van der Waals surface area contributed by atoms with Crippen molar-refractivity contribution in [2.24, 2.45) is 0 Å². The average molecular weight is 323 g/mol. The number of carbonyl (C=O) groups is 1. The SMILES string of the molecule is CC(C)(C)c1nnc(NC(=O)c2csc(NC3CC3)n2)s1. The smallest absolute Gasteiger partial charge is 0.277 e. The van der Waals surface area contributed by atoms with Crippen LogP contribution in [0.4, 0.5) is 10.3 Å². The van der Waals surface area contributed by atoms with Gasteiger partial charge in [0.15, 0.2) is 5.13 Å². The molecular weight excluding hydrogens is 306 g/mol. The van der Waals surface area contributed by atoms with Gasteiger partial charge in [-0.05, 0) is 12.8 Å². The van der Waals surface area contributed by atoms with Gasteiger partial charge in [-0.25, -0.2) is 4.98 Å². The van der Waals surface area contributed by atoms with E-state index in [4.69, 9.17) is 0 Å². The highest BCUT2D eigenvalue weighted by molar-refractivity contribution is 7.15. The molecule has 0 aromatic carbocycles. The molecule has 21 heavy (non-hydrogen) atoms. The second-order valence-electron chi connectivity index (χ2n) is 6.07. The first-order valence-electron chi connectivity index (χ1n) is 6.79. The molecule has 2 aromatic heterocycles. The van der Waals surface area contributed by atoms with Crippen molar-refractivity contribution in [3.63, 3.8) is 0 Å². The van der Waals surface area contributed by atoms with Crippen molar-refractivity contribution in [2.45, 2.75) is 45.1 Å². The van der Waals surface area contributed by atoms with Crippen molar-refractivity contribution in [1.82, 2.24) is 15.2 Å². The Bertz CT molecular complexity index is 654. The maximum Gasteiger partial charge on any atom is 0.277 e. The topological polar surface area (TPSA) is 79.8 Å². The van der Waals surface area contributed by atoms with E-state index in [1.165, 1.54) is 35.5 Å². The molecule has 112 valence electrons. The Kier molecular flexibility index (Phi) is 3.66. The first-order chi connectivity index (χ1) is 9.91. The monoisotopic (exact) mass is 323 g/mol. The zero-order valence-electron chi connectivity index (χ0n) is 12.1. The summed E-state index contributed by atoms with van der Waals surface area (Å²) in [7, 11) is 0. The van der Waals surface area contributed by atoms with Crippen molar-refractivity contribution >= 4 is 38.8 Å². The minimum Gasteiger partial charge on any atom is -0.359 e. The molecule has 0 radical (unpaired) electrons. The largest absolute Gasteiger partial charge is 0.359 e. The first-order valence-corrected chi connectivity index (χ1v) is 8.49. The number of anilines is 2. The molecule has 1 saturated carbocycles. The van der Waals surface area contributed by atoms with E-state index in [1.54, 1.807) is 5.38 Å². The van der Waals surface area contributed by atoms with Crippen LogP contribution in [0.3, 0.4) is 0 Å². The van der Waals surface area contributed by atoms with Gasteiger partial charge in [-0.2, -0.15) is 0 Å². The molecule has 2 aromatic rings. The van der Waals surface area contributed by atoms with Gasteiger partial charge in [0.1, 0.15) is 10.7 Å². The number of hydrogen-bond donors (Lipinski definition) is 2. The fourth-order valence-corrected chi connectivity index (χ4v) is 3.15. The lowest BCUT2D eigenvalue weighted by atomic mass is 9.98. The Labute approximate surface area is 131 Å². The van der Waals surface area contributed by atoms with Crippen LogP contribution in [0.1, 0.15) is 49.1 Å². The van der Waals surface area contributed by atoms with Gasteiger partial charge in [0, 0.05) is 16.8 Å². The van der Waals surface area contributed by atoms with E-state index >= 15 is 0 Å². The van der Waals surface area contributed by atoms with Gasteiger partial charge < -0.3 is 5.32 Å². The first kappa shape index (κ1) is 14.4. The zero-order valence-corrected chi connectivity index (χ0v) is 13.8. The van der Waals surface area contributed by atoms with Crippen LogP contribution in [0.5, 0.6) is 0 Å². The Morgan fingerprint density at radius 3 is 2.67 bits per heavy atom. The number of rotatable bonds is 4.